The number of carbonyl (C=O) groups excluding carboxylic acids is 1. The number of aromatic nitrogens is 4. The monoisotopic (exact) mass is 430 g/mol. The Balaban J connectivity index is 1.37. The fourth-order valence-corrected chi connectivity index (χ4v) is 3.50. The molecule has 3 aromatic heterocycles. The fourth-order valence-electron chi connectivity index (χ4n) is 2.71. The first-order valence-corrected chi connectivity index (χ1v) is 10.1. The molecule has 0 fully saturated rings. The number of aryl methyl sites for hydroxylation is 2. The number of amides is 1. The Morgan fingerprint density at radius 3 is 2.90 bits per heavy atom. The summed E-state index contributed by atoms with van der Waals surface area (Å²) in [4.78, 5) is 31.4. The van der Waals surface area contributed by atoms with Gasteiger partial charge in [-0.3, -0.25) is 14.5 Å². The Morgan fingerprint density at radius 2 is 2.20 bits per heavy atom. The van der Waals surface area contributed by atoms with Crippen molar-refractivity contribution in [3.05, 3.63) is 47.0 Å². The molecule has 1 amide bonds. The summed E-state index contributed by atoms with van der Waals surface area (Å²) in [5.74, 6) is -1.37. The topological polar surface area (TPSA) is 145 Å². The van der Waals surface area contributed by atoms with Crippen LogP contribution in [0.15, 0.2) is 29.9 Å². The van der Waals surface area contributed by atoms with Crippen molar-refractivity contribution < 1.29 is 19.4 Å². The van der Waals surface area contributed by atoms with Crippen molar-refractivity contribution in [2.24, 2.45) is 7.05 Å². The summed E-state index contributed by atoms with van der Waals surface area (Å²) in [5.41, 5.74) is 8.02. The van der Waals surface area contributed by atoms with Gasteiger partial charge in [-0.2, -0.15) is 5.10 Å². The number of anilines is 1. The predicted molar refractivity (Wildman–Crippen MR) is 111 cm³/mol. The maximum Gasteiger partial charge on any atom is 0.355 e. The Labute approximate surface area is 176 Å². The van der Waals surface area contributed by atoms with Crippen LogP contribution in [0.1, 0.15) is 33.1 Å². The third kappa shape index (κ3) is 5.61. The zero-order valence-electron chi connectivity index (χ0n) is 16.4. The lowest BCUT2D eigenvalue weighted by atomic mass is 10.1. The third-order valence-electron chi connectivity index (χ3n) is 4.11. The average Bonchev–Trinajstić information content (AvgIpc) is 3.34. The molecule has 0 saturated heterocycles. The van der Waals surface area contributed by atoms with Crippen LogP contribution in [0.2, 0.25) is 0 Å². The highest BCUT2D eigenvalue weighted by Gasteiger charge is 2.13. The molecule has 3 rings (SSSR count). The number of nitrogen functional groups attached to an aromatic ring is 1. The first kappa shape index (κ1) is 21.4. The third-order valence-corrected chi connectivity index (χ3v) is 5.00. The quantitative estimate of drug-likeness (QED) is 0.411. The number of pyridine rings is 1. The van der Waals surface area contributed by atoms with Gasteiger partial charge < -0.3 is 20.9 Å². The second-order valence-electron chi connectivity index (χ2n) is 6.46. The molecule has 0 atom stereocenters. The van der Waals surface area contributed by atoms with Gasteiger partial charge in [-0.1, -0.05) is 0 Å². The zero-order valence-corrected chi connectivity index (χ0v) is 17.2. The Bertz CT molecular complexity index is 1030. The number of nitrogens with two attached hydrogens (primary N) is 1. The number of hydrogen-bond acceptors (Lipinski definition) is 8. The molecular formula is C19H22N6O4S. The Hall–Kier alpha value is -3.31. The number of thiazole rings is 1. The molecule has 0 unspecified atom stereocenters. The van der Waals surface area contributed by atoms with E-state index in [-0.39, 0.29) is 17.3 Å². The van der Waals surface area contributed by atoms with E-state index in [1.165, 1.54) is 21.4 Å². The minimum atomic E-state index is -1.04. The van der Waals surface area contributed by atoms with Crippen molar-refractivity contribution in [2.45, 2.75) is 12.8 Å². The maximum absolute atomic E-state index is 12.0. The molecule has 0 spiro atoms. The molecule has 0 saturated carbocycles. The van der Waals surface area contributed by atoms with Gasteiger partial charge in [-0.25, -0.2) is 9.78 Å². The normalized spacial score (nSPS) is 10.8. The second-order valence-corrected chi connectivity index (χ2v) is 7.32. The van der Waals surface area contributed by atoms with Crippen molar-refractivity contribution in [3.63, 3.8) is 0 Å². The largest absolute Gasteiger partial charge is 0.476 e. The molecule has 0 aromatic carbocycles. The van der Waals surface area contributed by atoms with Gasteiger partial charge >= 0.3 is 5.97 Å². The molecule has 158 valence electrons. The van der Waals surface area contributed by atoms with E-state index < -0.39 is 5.97 Å². The predicted octanol–water partition coefficient (Wildman–Crippen LogP) is 1.60. The minimum Gasteiger partial charge on any atom is -0.476 e. The number of nitrogens with one attached hydrogen (secondary N) is 1. The van der Waals surface area contributed by atoms with Crippen LogP contribution in [-0.4, -0.2) is 56.5 Å². The number of nitrogens with zero attached hydrogens (tertiary/aromatic N) is 4. The number of hydrogen-bond donors (Lipinski definition) is 3. The molecule has 4 N–H and O–H groups in total. The Morgan fingerprint density at radius 1 is 1.37 bits per heavy atom. The number of rotatable bonds is 10. The van der Waals surface area contributed by atoms with E-state index in [0.29, 0.717) is 36.9 Å². The first-order valence-electron chi connectivity index (χ1n) is 9.23. The van der Waals surface area contributed by atoms with E-state index in [4.69, 9.17) is 15.6 Å². The smallest absolute Gasteiger partial charge is 0.355 e. The zero-order chi connectivity index (χ0) is 21.5. The summed E-state index contributed by atoms with van der Waals surface area (Å²) in [7, 11) is 1.70. The summed E-state index contributed by atoms with van der Waals surface area (Å²) in [6, 6.07) is 3.71. The van der Waals surface area contributed by atoms with Crippen molar-refractivity contribution >= 4 is 28.9 Å². The van der Waals surface area contributed by atoms with E-state index in [2.05, 4.69) is 20.4 Å². The van der Waals surface area contributed by atoms with E-state index in [0.717, 1.165) is 17.7 Å². The van der Waals surface area contributed by atoms with Gasteiger partial charge in [-0.05, 0) is 25.0 Å². The van der Waals surface area contributed by atoms with Gasteiger partial charge in [0.25, 0.3) is 5.91 Å². The highest BCUT2D eigenvalue weighted by molar-refractivity contribution is 7.13. The summed E-state index contributed by atoms with van der Waals surface area (Å²) in [6.45, 7) is 1.26. The van der Waals surface area contributed by atoms with Crippen LogP contribution in [0.3, 0.4) is 0 Å². The van der Waals surface area contributed by atoms with E-state index in [1.807, 2.05) is 12.1 Å². The summed E-state index contributed by atoms with van der Waals surface area (Å²) in [6.07, 6.45) is 4.73. The van der Waals surface area contributed by atoms with Crippen LogP contribution < -0.4 is 11.1 Å². The lowest BCUT2D eigenvalue weighted by Crippen LogP contribution is -2.28. The van der Waals surface area contributed by atoms with Crippen molar-refractivity contribution in [2.75, 3.05) is 25.5 Å². The molecule has 11 heteroatoms. The summed E-state index contributed by atoms with van der Waals surface area (Å²) in [5, 5.41) is 17.9. The van der Waals surface area contributed by atoms with Crippen LogP contribution in [-0.2, 0) is 18.2 Å². The molecule has 3 aromatic rings. The van der Waals surface area contributed by atoms with Crippen molar-refractivity contribution in [3.8, 4) is 10.6 Å². The number of carbonyl (C=O) groups is 2. The van der Waals surface area contributed by atoms with Gasteiger partial charge in [0.2, 0.25) is 0 Å². The van der Waals surface area contributed by atoms with Crippen LogP contribution in [0.4, 0.5) is 5.69 Å². The van der Waals surface area contributed by atoms with Crippen molar-refractivity contribution in [1.29, 1.82) is 0 Å². The molecule has 0 aliphatic rings. The van der Waals surface area contributed by atoms with Crippen LogP contribution in [0.5, 0.6) is 0 Å². The van der Waals surface area contributed by atoms with Crippen LogP contribution >= 0.6 is 11.3 Å². The second kappa shape index (κ2) is 9.94. The first-order chi connectivity index (χ1) is 14.4. The van der Waals surface area contributed by atoms with Gasteiger partial charge in [0.05, 0.1) is 12.3 Å². The maximum atomic E-state index is 12.0. The molecule has 0 aliphatic heterocycles. The van der Waals surface area contributed by atoms with E-state index in [1.54, 1.807) is 19.4 Å². The SMILES string of the molecule is Cn1cc(N)c(C(=O)NCCOCCCc2cc(-c3nc(C(=O)O)cs3)ccn2)n1. The number of carboxylic acids is 1. The highest BCUT2D eigenvalue weighted by Crippen LogP contribution is 2.24. The number of carboxylic acid groups (broad SMARTS) is 1. The van der Waals surface area contributed by atoms with Gasteiger partial charge in [0.1, 0.15) is 5.01 Å². The molecule has 0 bridgehead atoms. The number of aromatic carboxylic acids is 1. The molecule has 10 nitrogen and oxygen atoms in total. The lowest BCUT2D eigenvalue weighted by Gasteiger charge is -2.06. The number of ether oxygens (including phenoxy) is 1. The van der Waals surface area contributed by atoms with Gasteiger partial charge in [0.15, 0.2) is 11.4 Å². The Kier molecular flexibility index (Phi) is 7.09. The minimum absolute atomic E-state index is 0.0413. The van der Waals surface area contributed by atoms with E-state index >= 15 is 0 Å². The average molecular weight is 430 g/mol. The molecule has 0 aliphatic carbocycles. The summed E-state index contributed by atoms with van der Waals surface area (Å²) >= 11 is 1.29. The van der Waals surface area contributed by atoms with Crippen molar-refractivity contribution in [1.82, 2.24) is 25.1 Å². The van der Waals surface area contributed by atoms with Crippen LogP contribution in [0.25, 0.3) is 10.6 Å². The standard InChI is InChI=1S/C19H22N6O4S/c1-25-10-14(20)16(24-25)17(26)22-6-8-29-7-2-3-13-9-12(4-5-21-13)18-23-15(11-30-18)19(27)28/h4-5,9-11H,2-3,6-8,20H2,1H3,(H,22,26)(H,27,28). The van der Waals surface area contributed by atoms with E-state index in [9.17, 15) is 9.59 Å². The van der Waals surface area contributed by atoms with Gasteiger partial charge in [0, 0.05) is 49.2 Å². The molecule has 3 heterocycles. The lowest BCUT2D eigenvalue weighted by molar-refractivity contribution is 0.0691. The molecular weight excluding hydrogens is 408 g/mol. The molecule has 0 radical (unpaired) electrons. The highest BCUT2D eigenvalue weighted by atomic mass is 32.1. The summed E-state index contributed by atoms with van der Waals surface area (Å²) < 4.78 is 7.04. The fraction of sp³-hybridized carbons (Fsp3) is 0.316. The van der Waals surface area contributed by atoms with Crippen LogP contribution in [0, 0.1) is 0 Å². The van der Waals surface area contributed by atoms with Gasteiger partial charge in [-0.15, -0.1) is 11.3 Å². The molecule has 30 heavy (non-hydrogen) atoms.